The lowest BCUT2D eigenvalue weighted by Crippen LogP contribution is -2.44. The zero-order chi connectivity index (χ0) is 13.5. The number of rotatable bonds is 2. The van der Waals surface area contributed by atoms with Crippen molar-refractivity contribution >= 4 is 5.97 Å². The van der Waals surface area contributed by atoms with Crippen LogP contribution in [0, 0.1) is 0 Å². The summed E-state index contributed by atoms with van der Waals surface area (Å²) in [5, 5.41) is 11.0. The summed E-state index contributed by atoms with van der Waals surface area (Å²) < 4.78 is 10.7. The van der Waals surface area contributed by atoms with E-state index in [1.165, 1.54) is 0 Å². The zero-order valence-corrected chi connectivity index (χ0v) is 11.0. The van der Waals surface area contributed by atoms with Gasteiger partial charge in [-0.05, 0) is 44.2 Å². The van der Waals surface area contributed by atoms with Gasteiger partial charge in [0.05, 0.1) is 6.61 Å². The first-order valence-electron chi connectivity index (χ1n) is 6.85. The van der Waals surface area contributed by atoms with Crippen LogP contribution in [0.3, 0.4) is 0 Å². The summed E-state index contributed by atoms with van der Waals surface area (Å²) in [5.41, 5.74) is 0.657. The van der Waals surface area contributed by atoms with E-state index in [4.69, 9.17) is 9.47 Å². The van der Waals surface area contributed by atoms with Crippen LogP contribution in [-0.4, -0.2) is 23.8 Å². The third-order valence-electron chi connectivity index (χ3n) is 3.98. The fraction of sp³-hybridized carbons (Fsp3) is 0.533. The van der Waals surface area contributed by atoms with Gasteiger partial charge in [0.15, 0.2) is 0 Å². The third kappa shape index (κ3) is 1.82. The number of carbonyl (C=O) groups excluding carboxylic acids is 1. The van der Waals surface area contributed by atoms with Crippen LogP contribution >= 0.6 is 0 Å². The van der Waals surface area contributed by atoms with Crippen molar-refractivity contribution in [2.45, 2.75) is 44.3 Å². The van der Waals surface area contributed by atoms with Gasteiger partial charge < -0.3 is 14.6 Å². The van der Waals surface area contributed by atoms with Crippen LogP contribution in [0.15, 0.2) is 18.2 Å². The van der Waals surface area contributed by atoms with Gasteiger partial charge in [-0.15, -0.1) is 0 Å². The highest BCUT2D eigenvalue weighted by atomic mass is 16.6. The Morgan fingerprint density at radius 2 is 2.37 bits per heavy atom. The van der Waals surface area contributed by atoms with Gasteiger partial charge in [-0.3, -0.25) is 0 Å². The molecule has 0 aromatic heterocycles. The average Bonchev–Trinajstić information content (AvgIpc) is 2.58. The Labute approximate surface area is 112 Å². The van der Waals surface area contributed by atoms with E-state index in [1.807, 2.05) is 18.2 Å². The molecule has 4 heteroatoms. The van der Waals surface area contributed by atoms with Gasteiger partial charge in [0, 0.05) is 5.56 Å². The maximum Gasteiger partial charge on any atom is 0.350 e. The Kier molecular flexibility index (Phi) is 2.97. The van der Waals surface area contributed by atoms with Gasteiger partial charge >= 0.3 is 5.97 Å². The topological polar surface area (TPSA) is 55.8 Å². The molecule has 3 rings (SSSR count). The molecule has 2 aliphatic rings. The number of benzene rings is 1. The van der Waals surface area contributed by atoms with E-state index in [9.17, 15) is 9.90 Å². The minimum atomic E-state index is -1.23. The van der Waals surface area contributed by atoms with Crippen molar-refractivity contribution in [2.24, 2.45) is 0 Å². The van der Waals surface area contributed by atoms with Crippen molar-refractivity contribution in [3.05, 3.63) is 29.3 Å². The maximum absolute atomic E-state index is 12.0. The molecular weight excluding hydrogens is 244 g/mol. The molecule has 4 nitrogen and oxygen atoms in total. The first kappa shape index (κ1) is 12.5. The molecule has 0 bridgehead atoms. The Balaban J connectivity index is 2.06. The van der Waals surface area contributed by atoms with Crippen LogP contribution in [0.5, 0.6) is 5.75 Å². The van der Waals surface area contributed by atoms with Crippen LogP contribution in [0.4, 0.5) is 0 Å². The standard InChI is InChI=1S/C15H18O4/c1-2-18-14(16)13-15(17)9-4-3-6-10-7-5-8-11(19-13)12(10)15/h5,7-8,13,17H,2-4,6,9H2,1H3/t13-,15+/m0/s1. The normalized spacial score (nSPS) is 28.2. The fourth-order valence-electron chi connectivity index (χ4n) is 3.16. The average molecular weight is 262 g/mol. The maximum atomic E-state index is 12.0. The molecule has 1 heterocycles. The van der Waals surface area contributed by atoms with Crippen LogP contribution < -0.4 is 4.74 Å². The molecular formula is C15H18O4. The van der Waals surface area contributed by atoms with E-state index in [2.05, 4.69) is 0 Å². The number of hydrogen-bond acceptors (Lipinski definition) is 4. The second kappa shape index (κ2) is 4.53. The highest BCUT2D eigenvalue weighted by Gasteiger charge is 2.53. The van der Waals surface area contributed by atoms with Crippen molar-refractivity contribution in [1.29, 1.82) is 0 Å². The first-order chi connectivity index (χ1) is 9.16. The monoisotopic (exact) mass is 262 g/mol. The Morgan fingerprint density at radius 3 is 3.16 bits per heavy atom. The highest BCUT2D eigenvalue weighted by Crippen LogP contribution is 2.48. The quantitative estimate of drug-likeness (QED) is 0.827. The predicted octanol–water partition coefficient (Wildman–Crippen LogP) is 1.92. The van der Waals surface area contributed by atoms with Gasteiger partial charge in [0.2, 0.25) is 6.10 Å². The van der Waals surface area contributed by atoms with Crippen LogP contribution in [-0.2, 0) is 21.6 Å². The van der Waals surface area contributed by atoms with Crippen molar-refractivity contribution in [3.63, 3.8) is 0 Å². The SMILES string of the molecule is CCOC(=O)[C@@H]1Oc2cccc3c2[C@]1(O)CCCC3. The van der Waals surface area contributed by atoms with Crippen LogP contribution in [0.25, 0.3) is 0 Å². The molecule has 0 saturated heterocycles. The largest absolute Gasteiger partial charge is 0.475 e. The van der Waals surface area contributed by atoms with Gasteiger partial charge in [-0.2, -0.15) is 0 Å². The summed E-state index contributed by atoms with van der Waals surface area (Å²) in [6, 6.07) is 5.73. The van der Waals surface area contributed by atoms with E-state index in [0.29, 0.717) is 12.2 Å². The number of esters is 1. The third-order valence-corrected chi connectivity index (χ3v) is 3.98. The Bertz CT molecular complexity index is 511. The van der Waals surface area contributed by atoms with E-state index in [0.717, 1.165) is 30.4 Å². The lowest BCUT2D eigenvalue weighted by atomic mass is 9.85. The number of aliphatic hydroxyl groups is 1. The smallest absolute Gasteiger partial charge is 0.350 e. The molecule has 0 amide bonds. The second-order valence-corrected chi connectivity index (χ2v) is 5.17. The van der Waals surface area contributed by atoms with Crippen molar-refractivity contribution in [3.8, 4) is 5.75 Å². The first-order valence-corrected chi connectivity index (χ1v) is 6.85. The minimum absolute atomic E-state index is 0.290. The van der Waals surface area contributed by atoms with Gasteiger partial charge in [0.1, 0.15) is 11.4 Å². The van der Waals surface area contributed by atoms with E-state index >= 15 is 0 Å². The summed E-state index contributed by atoms with van der Waals surface area (Å²) >= 11 is 0. The number of aryl methyl sites for hydroxylation is 1. The summed E-state index contributed by atoms with van der Waals surface area (Å²) in [7, 11) is 0. The van der Waals surface area contributed by atoms with Crippen molar-refractivity contribution in [2.75, 3.05) is 6.61 Å². The predicted molar refractivity (Wildman–Crippen MR) is 68.9 cm³/mol. The molecule has 2 atom stereocenters. The molecule has 0 radical (unpaired) electrons. The lowest BCUT2D eigenvalue weighted by Gasteiger charge is -2.27. The highest BCUT2D eigenvalue weighted by molar-refractivity contribution is 5.79. The molecule has 0 unspecified atom stereocenters. The molecule has 1 aliphatic heterocycles. The van der Waals surface area contributed by atoms with E-state index in [1.54, 1.807) is 6.92 Å². The molecule has 0 spiro atoms. The summed E-state index contributed by atoms with van der Waals surface area (Å²) in [6.07, 6.45) is 2.44. The zero-order valence-electron chi connectivity index (χ0n) is 11.0. The Hall–Kier alpha value is -1.55. The van der Waals surface area contributed by atoms with Crippen LogP contribution in [0.1, 0.15) is 37.3 Å². The summed E-state index contributed by atoms with van der Waals surface area (Å²) in [6.45, 7) is 2.04. The molecule has 0 fully saturated rings. The molecule has 19 heavy (non-hydrogen) atoms. The molecule has 1 aromatic carbocycles. The number of ether oxygens (including phenoxy) is 2. The van der Waals surface area contributed by atoms with Crippen molar-refractivity contribution in [1.82, 2.24) is 0 Å². The molecule has 102 valence electrons. The summed E-state index contributed by atoms with van der Waals surface area (Å²) in [5.74, 6) is 0.147. The van der Waals surface area contributed by atoms with Gasteiger partial charge in [-0.1, -0.05) is 12.1 Å². The van der Waals surface area contributed by atoms with Crippen molar-refractivity contribution < 1.29 is 19.4 Å². The minimum Gasteiger partial charge on any atom is -0.475 e. The fourth-order valence-corrected chi connectivity index (χ4v) is 3.16. The van der Waals surface area contributed by atoms with Gasteiger partial charge in [0.25, 0.3) is 0 Å². The molecule has 1 aromatic rings. The molecule has 1 aliphatic carbocycles. The second-order valence-electron chi connectivity index (χ2n) is 5.17. The Morgan fingerprint density at radius 1 is 1.53 bits per heavy atom. The lowest BCUT2D eigenvalue weighted by molar-refractivity contribution is -0.163. The molecule has 0 saturated carbocycles. The molecule has 1 N–H and O–H groups in total. The number of hydrogen-bond donors (Lipinski definition) is 1. The summed E-state index contributed by atoms with van der Waals surface area (Å²) in [4.78, 5) is 12.0. The van der Waals surface area contributed by atoms with Gasteiger partial charge in [-0.25, -0.2) is 4.79 Å². The number of carbonyl (C=O) groups is 1. The van der Waals surface area contributed by atoms with Crippen LogP contribution in [0.2, 0.25) is 0 Å². The van der Waals surface area contributed by atoms with E-state index < -0.39 is 17.7 Å². The van der Waals surface area contributed by atoms with E-state index in [-0.39, 0.29) is 6.61 Å².